The van der Waals surface area contributed by atoms with E-state index in [4.69, 9.17) is 10.3 Å². The highest BCUT2D eigenvalue weighted by Gasteiger charge is 2.30. The lowest BCUT2D eigenvalue weighted by Gasteiger charge is -2.33. The number of nitrogens with zero attached hydrogens (tertiary/aromatic N) is 4. The summed E-state index contributed by atoms with van der Waals surface area (Å²) < 4.78 is 32.1. The number of thiophene rings is 1. The fourth-order valence-corrected chi connectivity index (χ4v) is 5.71. The monoisotopic (exact) mass is 371 g/mol. The van der Waals surface area contributed by atoms with Gasteiger partial charge in [-0.2, -0.15) is 9.29 Å². The van der Waals surface area contributed by atoms with Crippen LogP contribution in [-0.2, 0) is 23.1 Å². The van der Waals surface area contributed by atoms with Crippen molar-refractivity contribution < 1.29 is 12.9 Å². The molecule has 0 bridgehead atoms. The van der Waals surface area contributed by atoms with Gasteiger partial charge in [-0.3, -0.25) is 4.90 Å². The molecule has 0 aromatic carbocycles. The molecule has 0 radical (unpaired) electrons. The highest BCUT2D eigenvalue weighted by Crippen LogP contribution is 2.28. The van der Waals surface area contributed by atoms with Crippen molar-refractivity contribution in [1.29, 1.82) is 0 Å². The molecule has 2 aromatic heterocycles. The summed E-state index contributed by atoms with van der Waals surface area (Å²) in [5, 5.41) is 3.87. The Hall–Kier alpha value is -1.33. The first-order valence-electron chi connectivity index (χ1n) is 7.71. The highest BCUT2D eigenvalue weighted by atomic mass is 32.2. The summed E-state index contributed by atoms with van der Waals surface area (Å²) in [6.07, 6.45) is 0. The minimum absolute atomic E-state index is 0.221. The topological polar surface area (TPSA) is 106 Å². The first kappa shape index (κ1) is 17.5. The third-order valence-electron chi connectivity index (χ3n) is 3.99. The molecule has 0 spiro atoms. The lowest BCUT2D eigenvalue weighted by atomic mass is 10.3. The van der Waals surface area contributed by atoms with Crippen molar-refractivity contribution >= 4 is 21.4 Å². The van der Waals surface area contributed by atoms with Gasteiger partial charge in [-0.05, 0) is 19.9 Å². The van der Waals surface area contributed by atoms with E-state index >= 15 is 0 Å². The van der Waals surface area contributed by atoms with Gasteiger partial charge < -0.3 is 10.3 Å². The van der Waals surface area contributed by atoms with Crippen LogP contribution in [0.3, 0.4) is 0 Å². The molecule has 8 nitrogen and oxygen atoms in total. The van der Waals surface area contributed by atoms with E-state index < -0.39 is 10.0 Å². The number of piperazine rings is 1. The molecular formula is C14H21N5O3S2. The number of sulfonamides is 1. The van der Waals surface area contributed by atoms with Gasteiger partial charge in [0.1, 0.15) is 0 Å². The molecule has 0 atom stereocenters. The second-order valence-electron chi connectivity index (χ2n) is 5.77. The summed E-state index contributed by atoms with van der Waals surface area (Å²) in [4.78, 5) is 8.58. The molecule has 0 aliphatic carbocycles. The van der Waals surface area contributed by atoms with E-state index in [1.807, 2.05) is 13.8 Å². The van der Waals surface area contributed by atoms with Gasteiger partial charge in [0, 0.05) is 35.9 Å². The van der Waals surface area contributed by atoms with Crippen molar-refractivity contribution in [1.82, 2.24) is 19.3 Å². The van der Waals surface area contributed by atoms with Crippen LogP contribution in [0.15, 0.2) is 15.5 Å². The van der Waals surface area contributed by atoms with Gasteiger partial charge in [0.15, 0.2) is 5.82 Å². The molecule has 0 saturated carbocycles. The van der Waals surface area contributed by atoms with Crippen molar-refractivity contribution in [2.24, 2.45) is 5.73 Å². The maximum absolute atomic E-state index is 12.8. The number of rotatable bonds is 5. The van der Waals surface area contributed by atoms with Gasteiger partial charge in [-0.15, -0.1) is 11.3 Å². The minimum atomic E-state index is -3.42. The van der Waals surface area contributed by atoms with Crippen LogP contribution in [0, 0.1) is 13.8 Å². The zero-order valence-corrected chi connectivity index (χ0v) is 15.4. The Morgan fingerprint density at radius 2 is 2.00 bits per heavy atom. The second-order valence-corrected chi connectivity index (χ2v) is 9.13. The molecule has 24 heavy (non-hydrogen) atoms. The Morgan fingerprint density at radius 1 is 1.29 bits per heavy atom. The van der Waals surface area contributed by atoms with Crippen LogP contribution in [-0.4, -0.2) is 53.9 Å². The largest absolute Gasteiger partial charge is 0.338 e. The fourth-order valence-electron chi connectivity index (χ4n) is 2.77. The van der Waals surface area contributed by atoms with Crippen LogP contribution in [0.4, 0.5) is 0 Å². The van der Waals surface area contributed by atoms with Crippen LogP contribution in [0.25, 0.3) is 0 Å². The third kappa shape index (κ3) is 3.52. The molecule has 132 valence electrons. The zero-order chi connectivity index (χ0) is 17.3. The Balaban J connectivity index is 1.63. The van der Waals surface area contributed by atoms with Crippen molar-refractivity contribution in [3.63, 3.8) is 0 Å². The van der Waals surface area contributed by atoms with Crippen LogP contribution < -0.4 is 5.73 Å². The highest BCUT2D eigenvalue weighted by molar-refractivity contribution is 7.89. The van der Waals surface area contributed by atoms with Crippen molar-refractivity contribution in [3.8, 4) is 0 Å². The minimum Gasteiger partial charge on any atom is -0.338 e. The number of aromatic nitrogens is 2. The standard InChI is InChI=1S/C14H21N5O3S2/c1-10-7-12(11(2)23-10)24(20,21)19-5-3-18(4-6-19)9-13-16-14(8-15)22-17-13/h7H,3-6,8-9,15H2,1-2H3. The van der Waals surface area contributed by atoms with E-state index in [0.717, 1.165) is 9.75 Å². The number of nitrogens with two attached hydrogens (primary N) is 1. The number of hydrogen-bond acceptors (Lipinski definition) is 8. The average molecular weight is 371 g/mol. The molecule has 1 saturated heterocycles. The summed E-state index contributed by atoms with van der Waals surface area (Å²) in [6, 6.07) is 1.76. The van der Waals surface area contributed by atoms with Gasteiger partial charge in [-0.25, -0.2) is 8.42 Å². The van der Waals surface area contributed by atoms with E-state index in [1.54, 1.807) is 10.4 Å². The smallest absolute Gasteiger partial charge is 0.244 e. The molecule has 3 heterocycles. The quantitative estimate of drug-likeness (QED) is 0.825. The van der Waals surface area contributed by atoms with E-state index in [0.29, 0.717) is 49.3 Å². The third-order valence-corrected chi connectivity index (χ3v) is 7.11. The van der Waals surface area contributed by atoms with Crippen LogP contribution >= 0.6 is 11.3 Å². The number of hydrogen-bond donors (Lipinski definition) is 1. The molecule has 0 unspecified atom stereocenters. The van der Waals surface area contributed by atoms with Gasteiger partial charge in [0.25, 0.3) is 0 Å². The Labute approximate surface area is 145 Å². The predicted molar refractivity (Wildman–Crippen MR) is 90.0 cm³/mol. The van der Waals surface area contributed by atoms with Crippen LogP contribution in [0.2, 0.25) is 0 Å². The maximum Gasteiger partial charge on any atom is 0.244 e. The summed E-state index contributed by atoms with van der Waals surface area (Å²) in [6.45, 7) is 6.71. The van der Waals surface area contributed by atoms with Crippen molar-refractivity contribution in [2.45, 2.75) is 31.8 Å². The van der Waals surface area contributed by atoms with Gasteiger partial charge >= 0.3 is 0 Å². The summed E-state index contributed by atoms with van der Waals surface area (Å²) in [5.41, 5.74) is 5.45. The van der Waals surface area contributed by atoms with Gasteiger partial charge in [0.05, 0.1) is 18.0 Å². The van der Waals surface area contributed by atoms with E-state index in [-0.39, 0.29) is 6.54 Å². The first-order chi connectivity index (χ1) is 11.4. The average Bonchev–Trinajstić information content (AvgIpc) is 3.14. The lowest BCUT2D eigenvalue weighted by Crippen LogP contribution is -2.48. The molecular weight excluding hydrogens is 350 g/mol. The molecule has 3 rings (SSSR count). The van der Waals surface area contributed by atoms with E-state index in [2.05, 4.69) is 15.0 Å². The summed E-state index contributed by atoms with van der Waals surface area (Å²) >= 11 is 1.51. The molecule has 0 amide bonds. The first-order valence-corrected chi connectivity index (χ1v) is 9.97. The Kier molecular flexibility index (Phi) is 5.02. The molecule has 1 aliphatic rings. The summed E-state index contributed by atoms with van der Waals surface area (Å²) in [5.74, 6) is 0.991. The molecule has 1 aliphatic heterocycles. The van der Waals surface area contributed by atoms with Crippen molar-refractivity contribution in [3.05, 3.63) is 27.5 Å². The Bertz CT molecular complexity index is 806. The van der Waals surface area contributed by atoms with E-state index in [9.17, 15) is 8.42 Å². The lowest BCUT2D eigenvalue weighted by molar-refractivity contribution is 0.176. The van der Waals surface area contributed by atoms with Crippen LogP contribution in [0.5, 0.6) is 0 Å². The molecule has 2 aromatic rings. The molecule has 2 N–H and O–H groups in total. The van der Waals surface area contributed by atoms with E-state index in [1.165, 1.54) is 11.3 Å². The predicted octanol–water partition coefficient (Wildman–Crippen LogP) is 0.713. The Morgan fingerprint density at radius 3 is 2.54 bits per heavy atom. The normalized spacial score (nSPS) is 17.5. The van der Waals surface area contributed by atoms with Crippen molar-refractivity contribution in [2.75, 3.05) is 26.2 Å². The SMILES string of the molecule is Cc1cc(S(=O)(=O)N2CCN(Cc3noc(CN)n3)CC2)c(C)s1. The van der Waals surface area contributed by atoms with Gasteiger partial charge in [-0.1, -0.05) is 5.16 Å². The maximum atomic E-state index is 12.8. The summed E-state index contributed by atoms with van der Waals surface area (Å²) in [7, 11) is -3.42. The fraction of sp³-hybridized carbons (Fsp3) is 0.571. The second kappa shape index (κ2) is 6.89. The number of aryl methyl sites for hydroxylation is 2. The van der Waals surface area contributed by atoms with Crippen LogP contribution in [0.1, 0.15) is 21.5 Å². The zero-order valence-electron chi connectivity index (χ0n) is 13.7. The van der Waals surface area contributed by atoms with Gasteiger partial charge in [0.2, 0.25) is 15.9 Å². The molecule has 10 heteroatoms. The molecule has 1 fully saturated rings.